The van der Waals surface area contributed by atoms with Crippen molar-refractivity contribution in [1.82, 2.24) is 0 Å². The second-order valence-electron chi connectivity index (χ2n) is 4.03. The fourth-order valence-corrected chi connectivity index (χ4v) is 3.84. The van der Waals surface area contributed by atoms with Gasteiger partial charge in [-0.3, -0.25) is 4.72 Å². The summed E-state index contributed by atoms with van der Waals surface area (Å²) in [7, 11) is -4.15. The average Bonchev–Trinajstić information content (AvgIpc) is 2.36. The van der Waals surface area contributed by atoms with Crippen molar-refractivity contribution >= 4 is 56.2 Å². The van der Waals surface area contributed by atoms with E-state index in [0.29, 0.717) is 0 Å². The first-order valence-corrected chi connectivity index (χ1v) is 8.05. The molecule has 3 N–H and O–H groups in total. The van der Waals surface area contributed by atoms with E-state index in [1.54, 1.807) is 0 Å². The normalized spacial score (nSPS) is 11.4. The SMILES string of the molecule is Nc1ccc(F)cc1S(=O)(=O)Nc1c(Cl)cc(Cl)cc1Cl. The van der Waals surface area contributed by atoms with Crippen molar-refractivity contribution in [3.05, 3.63) is 51.2 Å². The first-order chi connectivity index (χ1) is 9.70. The number of hydrogen-bond donors (Lipinski definition) is 2. The Balaban J connectivity index is 2.50. The Kier molecular flexibility index (Phi) is 4.53. The third-order valence-electron chi connectivity index (χ3n) is 2.51. The monoisotopic (exact) mass is 368 g/mol. The zero-order valence-electron chi connectivity index (χ0n) is 10.2. The molecule has 2 aromatic carbocycles. The molecular weight excluding hydrogens is 362 g/mol. The summed E-state index contributed by atoms with van der Waals surface area (Å²) in [6.45, 7) is 0. The molecule has 0 atom stereocenters. The zero-order valence-corrected chi connectivity index (χ0v) is 13.3. The van der Waals surface area contributed by atoms with Gasteiger partial charge in [0.2, 0.25) is 0 Å². The van der Waals surface area contributed by atoms with Gasteiger partial charge >= 0.3 is 0 Å². The standard InChI is InChI=1S/C12H8Cl3FN2O2S/c13-6-3-8(14)12(9(15)4-6)18-21(19,20)11-5-7(16)1-2-10(11)17/h1-5,18H,17H2. The fraction of sp³-hybridized carbons (Fsp3) is 0. The number of nitrogens with two attached hydrogens (primary N) is 1. The summed E-state index contributed by atoms with van der Waals surface area (Å²) >= 11 is 17.5. The molecule has 0 amide bonds. The molecule has 9 heteroatoms. The first kappa shape index (κ1) is 16.2. The Bertz CT molecular complexity index is 789. The number of benzene rings is 2. The third kappa shape index (κ3) is 3.52. The minimum absolute atomic E-state index is 0.00560. The van der Waals surface area contributed by atoms with Crippen LogP contribution in [0.25, 0.3) is 0 Å². The molecule has 0 radical (unpaired) electrons. The Morgan fingerprint density at radius 1 is 1.05 bits per heavy atom. The third-order valence-corrected chi connectivity index (χ3v) is 4.73. The summed E-state index contributed by atoms with van der Waals surface area (Å²) in [5.74, 6) is -0.738. The van der Waals surface area contributed by atoms with E-state index in [0.717, 1.165) is 18.2 Å². The molecular formula is C12H8Cl3FN2O2S. The molecule has 0 fully saturated rings. The highest BCUT2D eigenvalue weighted by atomic mass is 35.5. The number of hydrogen-bond acceptors (Lipinski definition) is 3. The van der Waals surface area contributed by atoms with Crippen LogP contribution in [0, 0.1) is 5.82 Å². The van der Waals surface area contributed by atoms with Crippen LogP contribution in [0.15, 0.2) is 35.2 Å². The molecule has 112 valence electrons. The lowest BCUT2D eigenvalue weighted by molar-refractivity contribution is 0.596. The predicted molar refractivity (Wildman–Crippen MR) is 83.1 cm³/mol. The van der Waals surface area contributed by atoms with E-state index in [-0.39, 0.29) is 26.4 Å². The minimum atomic E-state index is -4.15. The lowest BCUT2D eigenvalue weighted by Gasteiger charge is -2.13. The van der Waals surface area contributed by atoms with Gasteiger partial charge in [0.1, 0.15) is 10.7 Å². The van der Waals surface area contributed by atoms with Crippen molar-refractivity contribution < 1.29 is 12.8 Å². The van der Waals surface area contributed by atoms with Gasteiger partial charge in [-0.25, -0.2) is 12.8 Å². The van der Waals surface area contributed by atoms with E-state index in [1.807, 2.05) is 0 Å². The number of halogens is 4. The number of rotatable bonds is 3. The molecule has 0 aliphatic carbocycles. The van der Waals surface area contributed by atoms with Crippen LogP contribution in [0.1, 0.15) is 0 Å². The molecule has 0 aliphatic rings. The van der Waals surface area contributed by atoms with Crippen molar-refractivity contribution in [2.24, 2.45) is 0 Å². The van der Waals surface area contributed by atoms with Crippen molar-refractivity contribution in [3.63, 3.8) is 0 Å². The first-order valence-electron chi connectivity index (χ1n) is 5.43. The molecule has 0 saturated carbocycles. The van der Waals surface area contributed by atoms with Crippen molar-refractivity contribution in [1.29, 1.82) is 0 Å². The number of anilines is 2. The molecule has 0 heterocycles. The van der Waals surface area contributed by atoms with Crippen LogP contribution in [0.5, 0.6) is 0 Å². The van der Waals surface area contributed by atoms with Gasteiger partial charge in [0.05, 0.1) is 21.4 Å². The van der Waals surface area contributed by atoms with Crippen molar-refractivity contribution in [2.45, 2.75) is 4.90 Å². The Hall–Kier alpha value is -1.21. The predicted octanol–water partition coefficient (Wildman–Crippen LogP) is 4.17. The van der Waals surface area contributed by atoms with E-state index >= 15 is 0 Å². The molecule has 21 heavy (non-hydrogen) atoms. The molecule has 0 spiro atoms. The second-order valence-corrected chi connectivity index (χ2v) is 6.93. The molecule has 0 saturated heterocycles. The Morgan fingerprint density at radius 3 is 2.19 bits per heavy atom. The maximum absolute atomic E-state index is 13.2. The van der Waals surface area contributed by atoms with Crippen LogP contribution < -0.4 is 10.5 Å². The summed E-state index contributed by atoms with van der Waals surface area (Å²) in [4.78, 5) is -0.412. The van der Waals surface area contributed by atoms with Crippen LogP contribution in [-0.4, -0.2) is 8.42 Å². The van der Waals surface area contributed by atoms with Crippen LogP contribution >= 0.6 is 34.8 Å². The number of nitrogens with one attached hydrogen (secondary N) is 1. The fourth-order valence-electron chi connectivity index (χ4n) is 1.57. The van der Waals surface area contributed by atoms with Gasteiger partial charge < -0.3 is 5.73 Å². The zero-order chi connectivity index (χ0) is 15.8. The van der Waals surface area contributed by atoms with Gasteiger partial charge in [-0.2, -0.15) is 0 Å². The highest BCUT2D eigenvalue weighted by molar-refractivity contribution is 7.93. The molecule has 0 bridgehead atoms. The Labute approximate surface area is 135 Å². The van der Waals surface area contributed by atoms with Gasteiger partial charge in [0.15, 0.2) is 0 Å². The smallest absolute Gasteiger partial charge is 0.264 e. The van der Waals surface area contributed by atoms with Crippen LogP contribution in [-0.2, 0) is 10.0 Å². The van der Waals surface area contributed by atoms with Crippen LogP contribution in [0.4, 0.5) is 15.8 Å². The summed E-state index contributed by atoms with van der Waals surface area (Å²) < 4.78 is 39.9. The minimum Gasteiger partial charge on any atom is -0.398 e. The molecule has 4 nitrogen and oxygen atoms in total. The van der Waals surface area contributed by atoms with E-state index < -0.39 is 20.7 Å². The van der Waals surface area contributed by atoms with Crippen LogP contribution in [0.3, 0.4) is 0 Å². The van der Waals surface area contributed by atoms with Gasteiger partial charge in [-0.15, -0.1) is 0 Å². The molecule has 2 rings (SSSR count). The number of nitrogen functional groups attached to an aromatic ring is 1. The van der Waals surface area contributed by atoms with E-state index in [9.17, 15) is 12.8 Å². The molecule has 0 unspecified atom stereocenters. The molecule has 2 aromatic rings. The van der Waals surface area contributed by atoms with Gasteiger partial charge in [-0.1, -0.05) is 34.8 Å². The van der Waals surface area contributed by atoms with E-state index in [1.165, 1.54) is 12.1 Å². The maximum atomic E-state index is 13.2. The summed E-state index contributed by atoms with van der Waals surface area (Å²) in [5.41, 5.74) is 5.39. The summed E-state index contributed by atoms with van der Waals surface area (Å²) in [6.07, 6.45) is 0. The van der Waals surface area contributed by atoms with Gasteiger partial charge in [0.25, 0.3) is 10.0 Å². The lowest BCUT2D eigenvalue weighted by Crippen LogP contribution is -2.15. The van der Waals surface area contributed by atoms with E-state index in [2.05, 4.69) is 4.72 Å². The van der Waals surface area contributed by atoms with Gasteiger partial charge in [0, 0.05) is 5.02 Å². The van der Waals surface area contributed by atoms with Crippen LogP contribution in [0.2, 0.25) is 15.1 Å². The van der Waals surface area contributed by atoms with E-state index in [4.69, 9.17) is 40.5 Å². The molecule has 0 aromatic heterocycles. The van der Waals surface area contributed by atoms with Crippen molar-refractivity contribution in [2.75, 3.05) is 10.5 Å². The summed E-state index contributed by atoms with van der Waals surface area (Å²) in [6, 6.07) is 5.64. The highest BCUT2D eigenvalue weighted by Crippen LogP contribution is 2.35. The maximum Gasteiger partial charge on any atom is 0.264 e. The average molecular weight is 370 g/mol. The highest BCUT2D eigenvalue weighted by Gasteiger charge is 2.21. The lowest BCUT2D eigenvalue weighted by atomic mass is 10.3. The van der Waals surface area contributed by atoms with Gasteiger partial charge in [-0.05, 0) is 30.3 Å². The quantitative estimate of drug-likeness (QED) is 0.798. The van der Waals surface area contributed by atoms with Crippen molar-refractivity contribution in [3.8, 4) is 0 Å². The topological polar surface area (TPSA) is 72.2 Å². The Morgan fingerprint density at radius 2 is 1.62 bits per heavy atom. The molecule has 0 aliphatic heterocycles. The summed E-state index contributed by atoms with van der Waals surface area (Å²) in [5, 5.41) is 0.260. The number of sulfonamides is 1. The second kappa shape index (κ2) is 5.88. The largest absolute Gasteiger partial charge is 0.398 e.